The van der Waals surface area contributed by atoms with Crippen LogP contribution in [-0.2, 0) is 9.53 Å². The molecule has 2 bridgehead atoms. The van der Waals surface area contributed by atoms with Crippen molar-refractivity contribution in [3.8, 4) is 0 Å². The predicted octanol–water partition coefficient (Wildman–Crippen LogP) is 3.93. The van der Waals surface area contributed by atoms with Crippen LogP contribution in [0.5, 0.6) is 0 Å². The second-order valence-electron chi connectivity index (χ2n) is 5.84. The number of esters is 1. The summed E-state index contributed by atoms with van der Waals surface area (Å²) in [5.41, 5.74) is -12.7. The van der Waals surface area contributed by atoms with E-state index in [1.54, 1.807) is 0 Å². The van der Waals surface area contributed by atoms with E-state index >= 15 is 0 Å². The van der Waals surface area contributed by atoms with E-state index in [-0.39, 0.29) is 6.42 Å². The van der Waals surface area contributed by atoms with Crippen LogP contribution < -0.4 is 0 Å². The molecule has 0 aromatic carbocycles. The maximum Gasteiger partial charge on any atom is 0.359 e. The van der Waals surface area contributed by atoms with Crippen LogP contribution >= 0.6 is 0 Å². The van der Waals surface area contributed by atoms with Gasteiger partial charge < -0.3 is 4.74 Å². The molecule has 0 amide bonds. The summed E-state index contributed by atoms with van der Waals surface area (Å²) >= 11 is 0. The Hall–Kier alpha value is -1.23. The van der Waals surface area contributed by atoms with Gasteiger partial charge in [-0.1, -0.05) is 13.8 Å². The Bertz CT molecular complexity index is 576. The van der Waals surface area contributed by atoms with E-state index in [1.807, 2.05) is 0 Å². The summed E-state index contributed by atoms with van der Waals surface area (Å²) in [6.45, 7) is 2.28. The van der Waals surface area contributed by atoms with Gasteiger partial charge in [-0.25, -0.2) is 8.78 Å². The fourth-order valence-electron chi connectivity index (χ4n) is 2.82. The lowest BCUT2D eigenvalue weighted by atomic mass is 9.83. The van der Waals surface area contributed by atoms with Crippen molar-refractivity contribution in [2.45, 2.75) is 61.4 Å². The van der Waals surface area contributed by atoms with Crippen LogP contribution in [0.15, 0.2) is 0 Å². The minimum absolute atomic E-state index is 0.153. The summed E-state index contributed by atoms with van der Waals surface area (Å²) < 4.78 is 140. The van der Waals surface area contributed by atoms with Gasteiger partial charge in [0, 0.05) is 0 Å². The van der Waals surface area contributed by atoms with Gasteiger partial charge in [0.15, 0.2) is 0 Å². The Morgan fingerprint density at radius 3 is 1.75 bits per heavy atom. The molecule has 0 spiro atoms. The van der Waals surface area contributed by atoms with Gasteiger partial charge in [-0.2, -0.15) is 35.1 Å². The zero-order valence-corrected chi connectivity index (χ0v) is 12.0. The summed E-state index contributed by atoms with van der Waals surface area (Å²) in [7, 11) is 0. The first-order valence-corrected chi connectivity index (χ1v) is 6.59. The number of ether oxygens (including phenoxy) is 1. The third kappa shape index (κ3) is 1.45. The summed E-state index contributed by atoms with van der Waals surface area (Å²) in [5.74, 6) is -29.1. The van der Waals surface area contributed by atoms with Crippen LogP contribution in [0.1, 0.15) is 20.3 Å². The molecule has 0 N–H and O–H groups in total. The van der Waals surface area contributed by atoms with E-state index in [2.05, 4.69) is 4.74 Å². The number of carbonyl (C=O) groups excluding carboxylic acids is 1. The molecule has 2 fully saturated rings. The van der Waals surface area contributed by atoms with Crippen LogP contribution in [-0.4, -0.2) is 47.1 Å². The molecule has 0 aromatic heterocycles. The highest BCUT2D eigenvalue weighted by Crippen LogP contribution is 2.79. The Balaban J connectivity index is 2.68. The van der Waals surface area contributed by atoms with E-state index in [4.69, 9.17) is 0 Å². The molecular weight excluding hydrogens is 366 g/mol. The van der Waals surface area contributed by atoms with Crippen molar-refractivity contribution < 1.29 is 53.4 Å². The van der Waals surface area contributed by atoms with Gasteiger partial charge >= 0.3 is 35.3 Å². The minimum atomic E-state index is -6.74. The molecule has 0 radical (unpaired) electrons. The van der Waals surface area contributed by atoms with E-state index in [9.17, 15) is 48.7 Å². The lowest BCUT2D eigenvalue weighted by Gasteiger charge is -2.42. The largest absolute Gasteiger partial charge is 0.452 e. The molecule has 0 heterocycles. The number of halogens is 10. The Kier molecular flexibility index (Phi) is 3.57. The average Bonchev–Trinajstić information content (AvgIpc) is 2.59. The van der Waals surface area contributed by atoms with Gasteiger partial charge in [0.05, 0.1) is 5.92 Å². The van der Waals surface area contributed by atoms with Crippen molar-refractivity contribution in [3.05, 3.63) is 0 Å². The Labute approximate surface area is 128 Å². The minimum Gasteiger partial charge on any atom is -0.452 e. The molecule has 2 rings (SSSR count). The zero-order chi connectivity index (χ0) is 19.1. The monoisotopic (exact) mass is 376 g/mol. The van der Waals surface area contributed by atoms with Crippen LogP contribution in [0.2, 0.25) is 0 Å². The van der Waals surface area contributed by atoms with Crippen LogP contribution in [0.3, 0.4) is 0 Å². The summed E-state index contributed by atoms with van der Waals surface area (Å²) in [6.07, 6.45) is -4.57. The molecule has 12 heteroatoms. The van der Waals surface area contributed by atoms with E-state index in [0.29, 0.717) is 0 Å². The number of rotatable bonds is 3. The molecule has 0 aromatic rings. The quantitative estimate of drug-likeness (QED) is 0.551. The van der Waals surface area contributed by atoms with Crippen molar-refractivity contribution in [2.75, 3.05) is 0 Å². The van der Waals surface area contributed by atoms with Crippen LogP contribution in [0.4, 0.5) is 43.9 Å². The van der Waals surface area contributed by atoms with Gasteiger partial charge in [-0.05, 0) is 6.42 Å². The lowest BCUT2D eigenvalue weighted by molar-refractivity contribution is -0.362. The van der Waals surface area contributed by atoms with Gasteiger partial charge in [0.1, 0.15) is 0 Å². The summed E-state index contributed by atoms with van der Waals surface area (Å²) in [4.78, 5) is 11.4. The van der Waals surface area contributed by atoms with E-state index in [0.717, 1.165) is 6.92 Å². The van der Waals surface area contributed by atoms with Gasteiger partial charge in [-0.3, -0.25) is 4.79 Å². The molecule has 2 nitrogen and oxygen atoms in total. The highest BCUT2D eigenvalue weighted by Gasteiger charge is 3.13. The topological polar surface area (TPSA) is 26.3 Å². The standard InChI is InChI=1S/C12H10F10O2/c1-3-4(2)5(23)24-6-7(13)10(17,18)9(16,8(6,14)15)12(21,22)11(7,19)20/h4,6H,3H2,1-2H3. The summed E-state index contributed by atoms with van der Waals surface area (Å²) in [6, 6.07) is 0. The molecule has 4 atom stereocenters. The highest BCUT2D eigenvalue weighted by atomic mass is 19.3. The molecule has 0 aliphatic heterocycles. The molecular formula is C12H10F10O2. The molecule has 2 aliphatic carbocycles. The number of alkyl halides is 10. The van der Waals surface area contributed by atoms with Crippen molar-refractivity contribution >= 4 is 5.97 Å². The van der Waals surface area contributed by atoms with Crippen LogP contribution in [0.25, 0.3) is 0 Å². The Morgan fingerprint density at radius 2 is 1.38 bits per heavy atom. The normalized spacial score (nSPS) is 41.9. The SMILES string of the molecule is CCC(C)C(=O)OC1C(F)(F)C2(F)C(F)(F)C(F)(F)C1(F)C2(F)F. The van der Waals surface area contributed by atoms with Gasteiger partial charge in [0.2, 0.25) is 6.10 Å². The van der Waals surface area contributed by atoms with Crippen molar-refractivity contribution in [1.82, 2.24) is 0 Å². The molecule has 2 saturated carbocycles. The first kappa shape index (κ1) is 19.1. The van der Waals surface area contributed by atoms with Crippen LogP contribution in [0, 0.1) is 5.92 Å². The van der Waals surface area contributed by atoms with Crippen molar-refractivity contribution in [3.63, 3.8) is 0 Å². The maximum absolute atomic E-state index is 14.3. The number of fused-ring (bicyclic) bond motifs is 2. The first-order chi connectivity index (χ1) is 10.5. The molecule has 2 aliphatic rings. The smallest absolute Gasteiger partial charge is 0.359 e. The van der Waals surface area contributed by atoms with E-state index in [1.165, 1.54) is 6.92 Å². The van der Waals surface area contributed by atoms with Crippen molar-refractivity contribution in [2.24, 2.45) is 5.92 Å². The predicted molar refractivity (Wildman–Crippen MR) is 56.8 cm³/mol. The fourth-order valence-corrected chi connectivity index (χ4v) is 2.82. The van der Waals surface area contributed by atoms with Gasteiger partial charge in [-0.15, -0.1) is 0 Å². The molecule has 140 valence electrons. The van der Waals surface area contributed by atoms with Crippen molar-refractivity contribution in [1.29, 1.82) is 0 Å². The third-order valence-corrected chi connectivity index (χ3v) is 4.57. The van der Waals surface area contributed by atoms with E-state index < -0.39 is 53.0 Å². The first-order valence-electron chi connectivity index (χ1n) is 6.59. The zero-order valence-electron chi connectivity index (χ0n) is 12.0. The second kappa shape index (κ2) is 4.48. The van der Waals surface area contributed by atoms with Gasteiger partial charge in [0.25, 0.3) is 5.67 Å². The highest BCUT2D eigenvalue weighted by molar-refractivity contribution is 5.72. The fraction of sp³-hybridized carbons (Fsp3) is 0.917. The maximum atomic E-state index is 14.3. The third-order valence-electron chi connectivity index (χ3n) is 4.57. The Morgan fingerprint density at radius 1 is 0.917 bits per heavy atom. The number of hydrogen-bond acceptors (Lipinski definition) is 2. The number of carbonyl (C=O) groups is 1. The molecule has 4 unspecified atom stereocenters. The molecule has 0 saturated heterocycles. The molecule has 24 heavy (non-hydrogen) atoms. The number of hydrogen-bond donors (Lipinski definition) is 0. The second-order valence-corrected chi connectivity index (χ2v) is 5.84. The summed E-state index contributed by atoms with van der Waals surface area (Å²) in [5, 5.41) is 0. The lowest BCUT2D eigenvalue weighted by Crippen LogP contribution is -2.72. The average molecular weight is 376 g/mol.